The number of benzene rings is 1. The molecule has 0 heterocycles. The minimum atomic E-state index is 0.489. The largest absolute Gasteiger partial charge is 0.0843 e. The van der Waals surface area contributed by atoms with Gasteiger partial charge in [0.05, 0.1) is 0 Å². The van der Waals surface area contributed by atoms with Crippen LogP contribution >= 0.6 is 27.5 Å². The number of hydrogen-bond acceptors (Lipinski definition) is 0. The fourth-order valence-electron chi connectivity index (χ4n) is 2.70. The van der Waals surface area contributed by atoms with E-state index in [1.165, 1.54) is 50.5 Å². The van der Waals surface area contributed by atoms with E-state index < -0.39 is 0 Å². The predicted molar refractivity (Wildman–Crippen MR) is 78.9 cm³/mol. The lowest BCUT2D eigenvalue weighted by Gasteiger charge is -2.18. The lowest BCUT2D eigenvalue weighted by atomic mass is 9.93. The van der Waals surface area contributed by atoms with Crippen LogP contribution in [0.4, 0.5) is 0 Å². The van der Waals surface area contributed by atoms with E-state index in [0.717, 1.165) is 10.9 Å². The van der Waals surface area contributed by atoms with E-state index in [4.69, 9.17) is 11.6 Å². The minimum Gasteiger partial charge on any atom is -0.0843 e. The molecule has 1 aromatic carbocycles. The Morgan fingerprint density at radius 2 is 1.65 bits per heavy atom. The normalized spacial score (nSPS) is 19.9. The van der Waals surface area contributed by atoms with Gasteiger partial charge in [-0.1, -0.05) is 78.2 Å². The van der Waals surface area contributed by atoms with E-state index in [2.05, 4.69) is 28.1 Å². The predicted octanol–water partition coefficient (Wildman–Crippen LogP) is 6.14. The molecule has 1 aromatic rings. The summed E-state index contributed by atoms with van der Waals surface area (Å²) >= 11 is 9.74. The highest BCUT2D eigenvalue weighted by Gasteiger charge is 2.17. The zero-order valence-corrected chi connectivity index (χ0v) is 12.5. The van der Waals surface area contributed by atoms with Gasteiger partial charge in [0.25, 0.3) is 0 Å². The van der Waals surface area contributed by atoms with Crippen molar-refractivity contribution in [2.45, 2.75) is 49.8 Å². The molecule has 0 nitrogen and oxygen atoms in total. The summed E-state index contributed by atoms with van der Waals surface area (Å²) < 4.78 is 0. The first kappa shape index (κ1) is 13.4. The topological polar surface area (TPSA) is 0 Å². The highest BCUT2D eigenvalue weighted by molar-refractivity contribution is 9.09. The Morgan fingerprint density at radius 3 is 2.24 bits per heavy atom. The van der Waals surface area contributed by atoms with E-state index in [1.54, 1.807) is 0 Å². The first-order chi connectivity index (χ1) is 8.25. The number of halogens is 2. The molecule has 0 radical (unpaired) electrons. The molecule has 94 valence electrons. The van der Waals surface area contributed by atoms with Crippen molar-refractivity contribution in [3.8, 4) is 0 Å². The molecule has 1 aliphatic carbocycles. The second kappa shape index (κ2) is 6.80. The van der Waals surface area contributed by atoms with Gasteiger partial charge in [-0.15, -0.1) is 0 Å². The van der Waals surface area contributed by atoms with E-state index in [-0.39, 0.29) is 0 Å². The zero-order chi connectivity index (χ0) is 12.1. The third kappa shape index (κ3) is 4.30. The maximum atomic E-state index is 5.91. The molecular weight excluding hydrogens is 296 g/mol. The molecule has 2 rings (SSSR count). The van der Waals surface area contributed by atoms with Crippen molar-refractivity contribution in [1.29, 1.82) is 0 Å². The molecule has 1 saturated carbocycles. The average Bonchev–Trinajstić information content (AvgIpc) is 2.58. The summed E-state index contributed by atoms with van der Waals surface area (Å²) in [6, 6.07) is 8.24. The molecule has 0 amide bonds. The van der Waals surface area contributed by atoms with Gasteiger partial charge in [-0.2, -0.15) is 0 Å². The second-order valence-corrected chi connectivity index (χ2v) is 6.65. The zero-order valence-electron chi connectivity index (χ0n) is 10.2. The van der Waals surface area contributed by atoms with Crippen molar-refractivity contribution < 1.29 is 0 Å². The van der Waals surface area contributed by atoms with Gasteiger partial charge in [-0.05, 0) is 30.0 Å². The molecule has 1 aliphatic rings. The van der Waals surface area contributed by atoms with Crippen molar-refractivity contribution in [3.63, 3.8) is 0 Å². The van der Waals surface area contributed by atoms with Crippen LogP contribution in [0.1, 0.15) is 55.3 Å². The Labute approximate surface area is 118 Å². The average molecular weight is 316 g/mol. The maximum absolute atomic E-state index is 5.91. The Balaban J connectivity index is 1.91. The third-order valence-corrected chi connectivity index (χ3v) is 4.90. The fourth-order valence-corrected chi connectivity index (χ4v) is 3.66. The summed E-state index contributed by atoms with van der Waals surface area (Å²) in [7, 11) is 0. The first-order valence-electron chi connectivity index (χ1n) is 6.65. The second-order valence-electron chi connectivity index (χ2n) is 5.11. The molecule has 2 heteroatoms. The molecule has 0 saturated heterocycles. The van der Waals surface area contributed by atoms with Crippen molar-refractivity contribution >= 4 is 27.5 Å². The summed E-state index contributed by atoms with van der Waals surface area (Å²) in [6.45, 7) is 0. The Hall–Kier alpha value is -0.0100. The summed E-state index contributed by atoms with van der Waals surface area (Å²) in [5, 5.41) is 0.822. The lowest BCUT2D eigenvalue weighted by molar-refractivity contribution is 0.427. The Bertz CT molecular complexity index is 325. The maximum Gasteiger partial charge on any atom is 0.0406 e. The molecule has 0 N–H and O–H groups in total. The number of rotatable bonds is 3. The Kier molecular flexibility index (Phi) is 5.37. The summed E-state index contributed by atoms with van der Waals surface area (Å²) in [4.78, 5) is 0.489. The Morgan fingerprint density at radius 1 is 1.06 bits per heavy atom. The van der Waals surface area contributed by atoms with E-state index in [9.17, 15) is 0 Å². The van der Waals surface area contributed by atoms with Crippen LogP contribution in [0.3, 0.4) is 0 Å². The van der Waals surface area contributed by atoms with Gasteiger partial charge in [0.2, 0.25) is 0 Å². The van der Waals surface area contributed by atoms with Crippen LogP contribution in [-0.4, -0.2) is 0 Å². The van der Waals surface area contributed by atoms with Gasteiger partial charge in [0.1, 0.15) is 0 Å². The standard InChI is InChI=1S/C15H20BrCl/c16-15(13-7-9-14(17)10-8-13)11-12-5-3-1-2-4-6-12/h7-10,12,15H,1-6,11H2. The molecule has 17 heavy (non-hydrogen) atoms. The molecule has 0 aromatic heterocycles. The van der Waals surface area contributed by atoms with E-state index in [1.807, 2.05) is 12.1 Å². The lowest BCUT2D eigenvalue weighted by Crippen LogP contribution is -2.03. The smallest absolute Gasteiger partial charge is 0.0406 e. The van der Waals surface area contributed by atoms with Crippen LogP contribution in [0.5, 0.6) is 0 Å². The molecule has 1 atom stereocenters. The van der Waals surface area contributed by atoms with E-state index >= 15 is 0 Å². The quantitative estimate of drug-likeness (QED) is 0.464. The van der Waals surface area contributed by atoms with Crippen molar-refractivity contribution in [3.05, 3.63) is 34.9 Å². The van der Waals surface area contributed by atoms with Crippen LogP contribution in [-0.2, 0) is 0 Å². The number of alkyl halides is 1. The number of hydrogen-bond donors (Lipinski definition) is 0. The van der Waals surface area contributed by atoms with Gasteiger partial charge in [0, 0.05) is 9.85 Å². The van der Waals surface area contributed by atoms with Crippen LogP contribution in [0.15, 0.2) is 24.3 Å². The highest BCUT2D eigenvalue weighted by atomic mass is 79.9. The van der Waals surface area contributed by atoms with E-state index in [0.29, 0.717) is 4.83 Å². The van der Waals surface area contributed by atoms with Gasteiger partial charge in [-0.3, -0.25) is 0 Å². The third-order valence-electron chi connectivity index (χ3n) is 3.75. The van der Waals surface area contributed by atoms with Crippen LogP contribution < -0.4 is 0 Å². The van der Waals surface area contributed by atoms with Crippen LogP contribution in [0.25, 0.3) is 0 Å². The summed E-state index contributed by atoms with van der Waals surface area (Å²) in [5.74, 6) is 0.901. The van der Waals surface area contributed by atoms with Gasteiger partial charge in [0.15, 0.2) is 0 Å². The highest BCUT2D eigenvalue weighted by Crippen LogP contribution is 2.35. The van der Waals surface area contributed by atoms with Gasteiger partial charge < -0.3 is 0 Å². The minimum absolute atomic E-state index is 0.489. The van der Waals surface area contributed by atoms with Crippen LogP contribution in [0, 0.1) is 5.92 Å². The molecule has 0 bridgehead atoms. The van der Waals surface area contributed by atoms with Crippen molar-refractivity contribution in [2.24, 2.45) is 5.92 Å². The molecule has 1 fully saturated rings. The molecule has 0 aliphatic heterocycles. The van der Waals surface area contributed by atoms with Crippen molar-refractivity contribution in [1.82, 2.24) is 0 Å². The molecular formula is C15H20BrCl. The monoisotopic (exact) mass is 314 g/mol. The fraction of sp³-hybridized carbons (Fsp3) is 0.600. The molecule has 1 unspecified atom stereocenters. The summed E-state index contributed by atoms with van der Waals surface area (Å²) in [5.41, 5.74) is 1.36. The van der Waals surface area contributed by atoms with Crippen molar-refractivity contribution in [2.75, 3.05) is 0 Å². The SMILES string of the molecule is Clc1ccc(C(Br)CC2CCCCCC2)cc1. The summed E-state index contributed by atoms with van der Waals surface area (Å²) in [6.07, 6.45) is 9.80. The van der Waals surface area contributed by atoms with Gasteiger partial charge in [-0.25, -0.2) is 0 Å². The van der Waals surface area contributed by atoms with Gasteiger partial charge >= 0.3 is 0 Å². The van der Waals surface area contributed by atoms with Crippen LogP contribution in [0.2, 0.25) is 5.02 Å². The first-order valence-corrected chi connectivity index (χ1v) is 7.94. The molecule has 0 spiro atoms.